The maximum atomic E-state index is 6.54. The summed E-state index contributed by atoms with van der Waals surface area (Å²) in [4.78, 5) is 12.1. The van der Waals surface area contributed by atoms with E-state index in [9.17, 15) is 0 Å². The highest BCUT2D eigenvalue weighted by atomic mass is 32.1. The molecular formula is C74H86BN3S. The Bertz CT molecular complexity index is 3670. The van der Waals surface area contributed by atoms with Crippen molar-refractivity contribution >= 4 is 78.1 Å². The molecule has 8 aliphatic carbocycles. The van der Waals surface area contributed by atoms with E-state index >= 15 is 0 Å². The summed E-state index contributed by atoms with van der Waals surface area (Å²) in [6.45, 7) is 38.4. The molecule has 8 bridgehead atoms. The maximum Gasteiger partial charge on any atom is 0.266 e. The van der Waals surface area contributed by atoms with Crippen LogP contribution in [0, 0.1) is 41.4 Å². The zero-order valence-electron chi connectivity index (χ0n) is 50.6. The van der Waals surface area contributed by atoms with Gasteiger partial charge in [-0.1, -0.05) is 165 Å². The summed E-state index contributed by atoms with van der Waals surface area (Å²) in [5, 5.41) is 1.36. The minimum absolute atomic E-state index is 0.00219. The zero-order valence-corrected chi connectivity index (χ0v) is 51.4. The van der Waals surface area contributed by atoms with Crippen molar-refractivity contribution in [2.45, 2.75) is 194 Å². The predicted molar refractivity (Wildman–Crippen MR) is 338 cm³/mol. The molecule has 0 spiro atoms. The molecule has 0 radical (unpaired) electrons. The van der Waals surface area contributed by atoms with Crippen molar-refractivity contribution in [1.29, 1.82) is 0 Å². The van der Waals surface area contributed by atoms with Crippen LogP contribution in [-0.2, 0) is 37.9 Å². The average Bonchev–Trinajstić information content (AvgIpc) is 3.38. The standard InChI is InChI=1S/C74H86BN3S/c1-68(2,3)43-19-17-42(18-20-43)48-32-44(69(4,5)6)21-26-59(48)78-60-27-22-46(71(10,11)12)34-58(60)75-64-61(78)36-63(74-37-53-49-29-41-30-50(53)55(39-74)51(31-41)54(49)38-74)76-67(64)77(47-24-25-56-57(35-47)73(15,16)40-72(56,13)14)65-52-33-45(70(7,8)9)23-28-62(52)79-66(65)75/h17-28,32-36,41,49-51,53-55H,29-31,37-40H2,1-16H3/t41?,49-,50-,51?,53?,54?,55?,74-/m1/s1. The molecule has 17 rings (SSSR count). The van der Waals surface area contributed by atoms with Crippen molar-refractivity contribution in [3.8, 4) is 11.1 Å². The minimum Gasteiger partial charge on any atom is -0.311 e. The molecule has 0 amide bonds. The number of pyridine rings is 1. The fourth-order valence-electron chi connectivity index (χ4n) is 19.0. The second kappa shape index (κ2) is 16.1. The Labute approximate surface area is 478 Å². The van der Waals surface area contributed by atoms with Crippen molar-refractivity contribution < 1.29 is 0 Å². The van der Waals surface area contributed by atoms with E-state index < -0.39 is 0 Å². The maximum absolute atomic E-state index is 6.54. The van der Waals surface area contributed by atoms with E-state index in [1.165, 1.54) is 149 Å². The fraction of sp³-hybridized carbons (Fsp3) is 0.500. The van der Waals surface area contributed by atoms with Crippen LogP contribution in [0.3, 0.4) is 0 Å². The van der Waals surface area contributed by atoms with Gasteiger partial charge in [0.2, 0.25) is 0 Å². The molecule has 5 aromatic carbocycles. The van der Waals surface area contributed by atoms with Crippen LogP contribution in [0.25, 0.3) is 21.2 Å². The van der Waals surface area contributed by atoms with Crippen LogP contribution < -0.4 is 25.5 Å². The molecule has 2 aromatic heterocycles. The average molecular weight is 1060 g/mol. The van der Waals surface area contributed by atoms with Crippen LogP contribution in [0.4, 0.5) is 34.3 Å². The molecule has 10 aliphatic rings. The van der Waals surface area contributed by atoms with Crippen LogP contribution in [-0.4, -0.2) is 11.7 Å². The highest BCUT2D eigenvalue weighted by Gasteiger charge is 2.68. The Morgan fingerprint density at radius 2 is 1.06 bits per heavy atom. The number of nitrogens with zero attached hydrogens (tertiary/aromatic N) is 3. The Hall–Kier alpha value is -5.13. The van der Waals surface area contributed by atoms with Crippen molar-refractivity contribution in [1.82, 2.24) is 4.98 Å². The number of fused-ring (bicyclic) bond motifs is 7. The third-order valence-corrected chi connectivity index (χ3v) is 23.8. The topological polar surface area (TPSA) is 19.4 Å². The summed E-state index contributed by atoms with van der Waals surface area (Å²) in [5.74, 6) is 7.45. The minimum atomic E-state index is -0.0487. The molecule has 0 unspecified atom stereocenters. The van der Waals surface area contributed by atoms with Crippen LogP contribution in [0.1, 0.15) is 195 Å². The third-order valence-electron chi connectivity index (χ3n) is 22.6. The van der Waals surface area contributed by atoms with Crippen LogP contribution in [0.2, 0.25) is 0 Å². The second-order valence-electron chi connectivity index (χ2n) is 32.6. The monoisotopic (exact) mass is 1060 g/mol. The molecule has 4 heterocycles. The van der Waals surface area contributed by atoms with Crippen molar-refractivity contribution in [2.75, 3.05) is 9.80 Å². The van der Waals surface area contributed by atoms with E-state index in [0.29, 0.717) is 0 Å². The molecule has 7 saturated carbocycles. The number of thiophene rings is 1. The summed E-state index contributed by atoms with van der Waals surface area (Å²) < 4.78 is 2.81. The number of hydrogen-bond donors (Lipinski definition) is 0. The summed E-state index contributed by atoms with van der Waals surface area (Å²) in [6.07, 6.45) is 9.54. The van der Waals surface area contributed by atoms with E-state index in [2.05, 4.69) is 224 Å². The SMILES string of the molecule is CC(C)(C)c1ccc(-c2cc(C(C)(C)C)ccc2N2c3ccc(C(C)(C)C)cc3B3c4sc5ccc(C(C)(C)C)cc5c4N(c4ccc5c(c4)C(C)(C)CC5(C)C)c4nc([C@]56CC7C8CC9C[C@@H]7C(C5)[C@@H](C9)C8C6)cc2c43)cc1. The fourth-order valence-corrected chi connectivity index (χ4v) is 20.3. The molecule has 0 saturated heterocycles. The molecule has 7 fully saturated rings. The Balaban J connectivity index is 1.06. The lowest BCUT2D eigenvalue weighted by Crippen LogP contribution is -2.66. The van der Waals surface area contributed by atoms with Gasteiger partial charge in [0.15, 0.2) is 0 Å². The van der Waals surface area contributed by atoms with E-state index in [1.807, 2.05) is 11.3 Å². The number of rotatable bonds is 4. The number of benzene rings is 5. The Morgan fingerprint density at radius 1 is 0.519 bits per heavy atom. The second-order valence-corrected chi connectivity index (χ2v) is 33.7. The molecule has 406 valence electrons. The summed E-state index contributed by atoms with van der Waals surface area (Å²) in [6, 6.07) is 42.6. The van der Waals surface area contributed by atoms with E-state index in [-0.39, 0.29) is 44.6 Å². The van der Waals surface area contributed by atoms with E-state index in [0.717, 1.165) is 47.8 Å². The van der Waals surface area contributed by atoms with Gasteiger partial charge in [-0.15, -0.1) is 11.3 Å². The molecule has 0 atom stereocenters. The summed E-state index contributed by atoms with van der Waals surface area (Å²) in [5.41, 5.74) is 21.8. The largest absolute Gasteiger partial charge is 0.311 e. The van der Waals surface area contributed by atoms with Gasteiger partial charge in [0.25, 0.3) is 6.71 Å². The first kappa shape index (κ1) is 50.8. The Morgan fingerprint density at radius 3 is 1.67 bits per heavy atom. The number of aromatic nitrogens is 1. The quantitative estimate of drug-likeness (QED) is 0.164. The molecule has 0 N–H and O–H groups in total. The number of anilines is 6. The van der Waals surface area contributed by atoms with Gasteiger partial charge in [-0.05, 0) is 217 Å². The van der Waals surface area contributed by atoms with Gasteiger partial charge in [-0.25, -0.2) is 4.98 Å². The first-order valence-corrected chi connectivity index (χ1v) is 31.7. The molecule has 7 aromatic rings. The smallest absolute Gasteiger partial charge is 0.266 e. The van der Waals surface area contributed by atoms with Crippen molar-refractivity contribution in [3.63, 3.8) is 0 Å². The van der Waals surface area contributed by atoms with Gasteiger partial charge in [-0.2, -0.15) is 0 Å². The number of hydrogen-bond acceptors (Lipinski definition) is 4. The van der Waals surface area contributed by atoms with Gasteiger partial charge >= 0.3 is 0 Å². The molecule has 5 heteroatoms. The first-order chi connectivity index (χ1) is 37.1. The van der Waals surface area contributed by atoms with Crippen LogP contribution >= 0.6 is 11.3 Å². The van der Waals surface area contributed by atoms with E-state index in [4.69, 9.17) is 4.98 Å². The summed E-state index contributed by atoms with van der Waals surface area (Å²) >= 11 is 2.04. The normalized spacial score (nSPS) is 27.4. The molecule has 2 aliphatic heterocycles. The lowest BCUT2D eigenvalue weighted by Gasteiger charge is -2.72. The van der Waals surface area contributed by atoms with Gasteiger partial charge < -0.3 is 4.90 Å². The van der Waals surface area contributed by atoms with Gasteiger partial charge in [0.05, 0.1) is 17.1 Å². The van der Waals surface area contributed by atoms with Crippen LogP contribution in [0.5, 0.6) is 0 Å². The van der Waals surface area contributed by atoms with Gasteiger partial charge in [0.1, 0.15) is 5.82 Å². The third kappa shape index (κ3) is 7.30. The first-order valence-electron chi connectivity index (χ1n) is 30.9. The van der Waals surface area contributed by atoms with Crippen LogP contribution in [0.15, 0.2) is 103 Å². The van der Waals surface area contributed by atoms with Crippen molar-refractivity contribution in [2.24, 2.45) is 41.4 Å². The molecular weight excluding hydrogens is 974 g/mol. The molecule has 79 heavy (non-hydrogen) atoms. The zero-order chi connectivity index (χ0) is 55.2. The highest BCUT2D eigenvalue weighted by molar-refractivity contribution is 7.33. The van der Waals surface area contributed by atoms with Gasteiger partial charge in [-0.3, -0.25) is 4.90 Å². The van der Waals surface area contributed by atoms with Crippen molar-refractivity contribution in [3.05, 3.63) is 142 Å². The predicted octanol–water partition coefficient (Wildman–Crippen LogP) is 18.2. The Kier molecular flexibility index (Phi) is 10.4. The summed E-state index contributed by atoms with van der Waals surface area (Å²) in [7, 11) is 0. The lowest BCUT2D eigenvalue weighted by atomic mass is 9.32. The van der Waals surface area contributed by atoms with Gasteiger partial charge in [0, 0.05) is 42.9 Å². The molecule has 3 nitrogen and oxygen atoms in total. The lowest BCUT2D eigenvalue weighted by molar-refractivity contribution is -0.213. The van der Waals surface area contributed by atoms with E-state index in [1.54, 1.807) is 0 Å². The highest BCUT2D eigenvalue weighted by Crippen LogP contribution is 2.74.